The molecule has 0 radical (unpaired) electrons. The summed E-state index contributed by atoms with van der Waals surface area (Å²) in [4.78, 5) is 15.2. The van der Waals surface area contributed by atoms with E-state index in [1.54, 1.807) is 54.6 Å². The number of aromatic carboxylic acids is 1. The van der Waals surface area contributed by atoms with Gasteiger partial charge in [0, 0.05) is 11.3 Å². The Balaban J connectivity index is 2.12. The molecule has 0 aliphatic heterocycles. The molecule has 3 rings (SSSR count). The summed E-state index contributed by atoms with van der Waals surface area (Å²) in [6.07, 6.45) is 0. The number of rotatable bonds is 4. The van der Waals surface area contributed by atoms with Crippen LogP contribution in [0.15, 0.2) is 66.7 Å². The van der Waals surface area contributed by atoms with Crippen molar-refractivity contribution in [3.63, 3.8) is 0 Å². The van der Waals surface area contributed by atoms with Crippen molar-refractivity contribution in [1.29, 1.82) is 0 Å². The molecule has 4 nitrogen and oxygen atoms in total. The second kappa shape index (κ2) is 6.27. The van der Waals surface area contributed by atoms with Gasteiger partial charge < -0.3 is 10.4 Å². The quantitative estimate of drug-likeness (QED) is 0.753. The molecular formula is C18H13FN2O2. The van der Waals surface area contributed by atoms with Gasteiger partial charge in [0.05, 0.1) is 5.69 Å². The Morgan fingerprint density at radius 1 is 1.00 bits per heavy atom. The summed E-state index contributed by atoms with van der Waals surface area (Å²) in [7, 11) is 0. The molecule has 0 atom stereocenters. The number of hydrogen-bond acceptors (Lipinski definition) is 3. The lowest BCUT2D eigenvalue weighted by Crippen LogP contribution is -2.06. The maximum Gasteiger partial charge on any atom is 0.354 e. The predicted octanol–water partition coefficient (Wildman–Crippen LogP) is 4.33. The second-order valence-electron chi connectivity index (χ2n) is 4.88. The zero-order valence-corrected chi connectivity index (χ0v) is 12.0. The zero-order chi connectivity index (χ0) is 16.2. The summed E-state index contributed by atoms with van der Waals surface area (Å²) >= 11 is 0. The van der Waals surface area contributed by atoms with Crippen LogP contribution in [0.5, 0.6) is 0 Å². The molecule has 0 saturated heterocycles. The van der Waals surface area contributed by atoms with E-state index in [0.29, 0.717) is 11.3 Å². The van der Waals surface area contributed by atoms with E-state index in [4.69, 9.17) is 0 Å². The molecule has 5 heteroatoms. The minimum Gasteiger partial charge on any atom is -0.477 e. The van der Waals surface area contributed by atoms with Crippen molar-refractivity contribution >= 4 is 17.3 Å². The van der Waals surface area contributed by atoms with Crippen LogP contribution in [0.25, 0.3) is 11.3 Å². The molecule has 0 unspecified atom stereocenters. The van der Waals surface area contributed by atoms with Crippen LogP contribution in [0.4, 0.5) is 15.8 Å². The van der Waals surface area contributed by atoms with Crippen molar-refractivity contribution in [3.8, 4) is 11.3 Å². The number of carboxylic acids is 1. The summed E-state index contributed by atoms with van der Waals surface area (Å²) < 4.78 is 14.8. The zero-order valence-electron chi connectivity index (χ0n) is 12.0. The minimum atomic E-state index is -1.21. The SMILES string of the molecule is O=C(O)c1cc(Nc2ccccc2)c(F)c(-c2ccccc2)n1. The first-order valence-corrected chi connectivity index (χ1v) is 6.96. The number of pyridine rings is 1. The molecule has 23 heavy (non-hydrogen) atoms. The van der Waals surface area contributed by atoms with Crippen molar-refractivity contribution in [2.24, 2.45) is 0 Å². The highest BCUT2D eigenvalue weighted by molar-refractivity contribution is 5.88. The summed E-state index contributed by atoms with van der Waals surface area (Å²) in [5.74, 6) is -1.80. The van der Waals surface area contributed by atoms with Crippen LogP contribution < -0.4 is 5.32 Å². The van der Waals surface area contributed by atoms with Gasteiger partial charge in [-0.3, -0.25) is 0 Å². The third kappa shape index (κ3) is 3.18. The Morgan fingerprint density at radius 3 is 2.22 bits per heavy atom. The maximum atomic E-state index is 14.8. The van der Waals surface area contributed by atoms with E-state index in [9.17, 15) is 14.3 Å². The van der Waals surface area contributed by atoms with Crippen molar-refractivity contribution in [2.75, 3.05) is 5.32 Å². The normalized spacial score (nSPS) is 10.3. The number of para-hydroxylation sites is 1. The molecule has 2 aromatic carbocycles. The fourth-order valence-electron chi connectivity index (χ4n) is 2.19. The summed E-state index contributed by atoms with van der Waals surface area (Å²) in [5.41, 5.74) is 1.03. The van der Waals surface area contributed by atoms with Crippen LogP contribution in [0.1, 0.15) is 10.5 Å². The largest absolute Gasteiger partial charge is 0.477 e. The van der Waals surface area contributed by atoms with Crippen LogP contribution in [0, 0.1) is 5.82 Å². The van der Waals surface area contributed by atoms with Crippen molar-refractivity contribution in [3.05, 3.63) is 78.2 Å². The van der Waals surface area contributed by atoms with Crippen molar-refractivity contribution in [2.45, 2.75) is 0 Å². The van der Waals surface area contributed by atoms with E-state index in [1.807, 2.05) is 6.07 Å². The monoisotopic (exact) mass is 308 g/mol. The predicted molar refractivity (Wildman–Crippen MR) is 86.3 cm³/mol. The van der Waals surface area contributed by atoms with Crippen LogP contribution in [0.3, 0.4) is 0 Å². The summed E-state index contributed by atoms with van der Waals surface area (Å²) in [5, 5.41) is 12.1. The fraction of sp³-hybridized carbons (Fsp3) is 0. The standard InChI is InChI=1S/C18H13FN2O2/c19-16-14(20-13-9-5-2-6-10-13)11-15(18(22)23)21-17(16)12-7-3-1-4-8-12/h1-11H,(H,20,21)(H,22,23). The van der Waals surface area contributed by atoms with E-state index < -0.39 is 11.8 Å². The van der Waals surface area contributed by atoms with Gasteiger partial charge in [0.2, 0.25) is 0 Å². The number of benzene rings is 2. The number of carboxylic acid groups (broad SMARTS) is 1. The molecule has 1 aromatic heterocycles. The van der Waals surface area contributed by atoms with E-state index in [2.05, 4.69) is 10.3 Å². The topological polar surface area (TPSA) is 62.2 Å². The van der Waals surface area contributed by atoms with Gasteiger partial charge in [0.1, 0.15) is 5.69 Å². The lowest BCUT2D eigenvalue weighted by atomic mass is 10.1. The van der Waals surface area contributed by atoms with Crippen LogP contribution in [-0.4, -0.2) is 16.1 Å². The number of anilines is 2. The average Bonchev–Trinajstić information content (AvgIpc) is 2.58. The number of aromatic nitrogens is 1. The molecule has 0 amide bonds. The molecule has 2 N–H and O–H groups in total. The molecule has 3 aromatic rings. The lowest BCUT2D eigenvalue weighted by Gasteiger charge is -2.12. The van der Waals surface area contributed by atoms with Crippen molar-refractivity contribution in [1.82, 2.24) is 4.98 Å². The van der Waals surface area contributed by atoms with E-state index in [-0.39, 0.29) is 17.1 Å². The first kappa shape index (κ1) is 14.7. The molecule has 0 saturated carbocycles. The van der Waals surface area contributed by atoms with Gasteiger partial charge in [0.25, 0.3) is 0 Å². The third-order valence-electron chi connectivity index (χ3n) is 3.28. The maximum absolute atomic E-state index is 14.8. The molecule has 114 valence electrons. The molecule has 0 aliphatic carbocycles. The van der Waals surface area contributed by atoms with Gasteiger partial charge in [-0.05, 0) is 18.2 Å². The Morgan fingerprint density at radius 2 is 1.61 bits per heavy atom. The fourth-order valence-corrected chi connectivity index (χ4v) is 2.19. The number of nitrogens with one attached hydrogen (secondary N) is 1. The highest BCUT2D eigenvalue weighted by atomic mass is 19.1. The number of nitrogens with zero attached hydrogens (tertiary/aromatic N) is 1. The summed E-state index contributed by atoms with van der Waals surface area (Å²) in [6, 6.07) is 18.8. The molecule has 0 aliphatic rings. The third-order valence-corrected chi connectivity index (χ3v) is 3.28. The number of carbonyl (C=O) groups is 1. The first-order valence-electron chi connectivity index (χ1n) is 6.96. The first-order chi connectivity index (χ1) is 11.1. The Bertz CT molecular complexity index is 836. The molecule has 0 bridgehead atoms. The van der Waals surface area contributed by atoms with Crippen LogP contribution in [-0.2, 0) is 0 Å². The molecule has 0 fully saturated rings. The smallest absolute Gasteiger partial charge is 0.354 e. The van der Waals surface area contributed by atoms with Gasteiger partial charge in [-0.2, -0.15) is 0 Å². The highest BCUT2D eigenvalue weighted by Crippen LogP contribution is 2.29. The van der Waals surface area contributed by atoms with Crippen molar-refractivity contribution < 1.29 is 14.3 Å². The lowest BCUT2D eigenvalue weighted by molar-refractivity contribution is 0.0690. The van der Waals surface area contributed by atoms with Crippen LogP contribution in [0.2, 0.25) is 0 Å². The Labute approximate surface area is 132 Å². The van der Waals surface area contributed by atoms with E-state index in [1.165, 1.54) is 6.07 Å². The summed E-state index contributed by atoms with van der Waals surface area (Å²) in [6.45, 7) is 0. The second-order valence-corrected chi connectivity index (χ2v) is 4.88. The van der Waals surface area contributed by atoms with Crippen LogP contribution >= 0.6 is 0 Å². The molecular weight excluding hydrogens is 295 g/mol. The average molecular weight is 308 g/mol. The van der Waals surface area contributed by atoms with Gasteiger partial charge >= 0.3 is 5.97 Å². The molecule has 1 heterocycles. The van der Waals surface area contributed by atoms with Gasteiger partial charge in [0.15, 0.2) is 11.5 Å². The van der Waals surface area contributed by atoms with E-state index in [0.717, 1.165) is 0 Å². The molecule has 0 spiro atoms. The van der Waals surface area contributed by atoms with Gasteiger partial charge in [-0.25, -0.2) is 14.2 Å². The van der Waals surface area contributed by atoms with Gasteiger partial charge in [-0.15, -0.1) is 0 Å². The number of hydrogen-bond donors (Lipinski definition) is 2. The van der Waals surface area contributed by atoms with Gasteiger partial charge in [-0.1, -0.05) is 48.5 Å². The Kier molecular flexibility index (Phi) is 4.01. The highest BCUT2D eigenvalue weighted by Gasteiger charge is 2.17. The minimum absolute atomic E-state index is 0.00364. The number of halogens is 1. The Hall–Kier alpha value is -3.21. The van der Waals surface area contributed by atoms with E-state index >= 15 is 0 Å².